The van der Waals surface area contributed by atoms with Crippen LogP contribution in [0.3, 0.4) is 0 Å². The summed E-state index contributed by atoms with van der Waals surface area (Å²) >= 11 is 0. The first-order chi connectivity index (χ1) is 11.2. The van der Waals surface area contributed by atoms with Crippen LogP contribution in [0.15, 0.2) is 30.0 Å². The van der Waals surface area contributed by atoms with Gasteiger partial charge in [-0.3, -0.25) is 4.79 Å². The number of nitrogens with one attached hydrogen (secondary N) is 1. The monoisotopic (exact) mass is 347 g/mol. The van der Waals surface area contributed by atoms with Crippen molar-refractivity contribution in [2.45, 2.75) is 26.3 Å². The molecule has 1 aromatic rings. The number of rotatable bonds is 4. The predicted octanol–water partition coefficient (Wildman–Crippen LogP) is 1.77. The summed E-state index contributed by atoms with van der Waals surface area (Å²) in [6.45, 7) is 3.84. The van der Waals surface area contributed by atoms with Gasteiger partial charge in [-0.15, -0.1) is 0 Å². The fourth-order valence-corrected chi connectivity index (χ4v) is 4.47. The van der Waals surface area contributed by atoms with E-state index in [2.05, 4.69) is 5.32 Å². The van der Waals surface area contributed by atoms with Gasteiger partial charge in [0.05, 0.1) is 11.5 Å². The van der Waals surface area contributed by atoms with E-state index in [0.717, 1.165) is 11.1 Å². The summed E-state index contributed by atoms with van der Waals surface area (Å²) in [5.41, 5.74) is 2.60. The third kappa shape index (κ3) is 4.36. The van der Waals surface area contributed by atoms with Gasteiger partial charge in [0.1, 0.15) is 11.6 Å². The molecule has 128 valence electrons. The molecule has 0 aromatic heterocycles. The van der Waals surface area contributed by atoms with Crippen LogP contribution in [0, 0.1) is 25.2 Å². The van der Waals surface area contributed by atoms with E-state index >= 15 is 0 Å². The lowest BCUT2D eigenvalue weighted by Gasteiger charge is -2.21. The van der Waals surface area contributed by atoms with E-state index in [9.17, 15) is 18.5 Å². The lowest BCUT2D eigenvalue weighted by Crippen LogP contribution is -2.29. The second-order valence-corrected chi connectivity index (χ2v) is 8.38. The Labute approximate surface area is 142 Å². The van der Waals surface area contributed by atoms with Crippen molar-refractivity contribution in [3.05, 3.63) is 41.1 Å². The number of anilines is 1. The number of sulfone groups is 1. The molecule has 0 aliphatic carbocycles. The van der Waals surface area contributed by atoms with E-state index in [4.69, 9.17) is 0 Å². The molecule has 1 aliphatic rings. The second-order valence-electron chi connectivity index (χ2n) is 6.15. The highest BCUT2D eigenvalue weighted by Gasteiger charge is 2.30. The van der Waals surface area contributed by atoms with Crippen molar-refractivity contribution in [3.8, 4) is 6.07 Å². The summed E-state index contributed by atoms with van der Waals surface area (Å²) in [6.07, 6.45) is 1.93. The van der Waals surface area contributed by atoms with Gasteiger partial charge < -0.3 is 10.2 Å². The number of carbonyl (C=O) groups is 1. The van der Waals surface area contributed by atoms with E-state index in [0.29, 0.717) is 12.1 Å². The quantitative estimate of drug-likeness (QED) is 0.662. The average molecular weight is 347 g/mol. The van der Waals surface area contributed by atoms with Gasteiger partial charge in [-0.2, -0.15) is 5.26 Å². The summed E-state index contributed by atoms with van der Waals surface area (Å²) in [5.74, 6) is -0.304. The minimum atomic E-state index is -3.02. The van der Waals surface area contributed by atoms with Crippen molar-refractivity contribution in [3.63, 3.8) is 0 Å². The van der Waals surface area contributed by atoms with Gasteiger partial charge in [0, 0.05) is 25.0 Å². The highest BCUT2D eigenvalue weighted by atomic mass is 32.2. The molecule has 7 heteroatoms. The van der Waals surface area contributed by atoms with E-state index in [1.165, 1.54) is 6.20 Å². The molecular formula is C17H21N3O3S. The molecule has 1 saturated heterocycles. The highest BCUT2D eigenvalue weighted by Crippen LogP contribution is 2.19. The lowest BCUT2D eigenvalue weighted by atomic mass is 10.1. The van der Waals surface area contributed by atoms with Crippen LogP contribution in [0.2, 0.25) is 0 Å². The SMILES string of the molecule is Cc1ccc(NC(=O)/C(C#N)=C\N(C)C2CCS(=O)(=O)C2)c(C)c1. The molecule has 0 bridgehead atoms. The van der Waals surface area contributed by atoms with Gasteiger partial charge in [0.15, 0.2) is 9.84 Å². The van der Waals surface area contributed by atoms with Crippen LogP contribution in [0.1, 0.15) is 17.5 Å². The summed E-state index contributed by atoms with van der Waals surface area (Å²) < 4.78 is 23.1. The van der Waals surface area contributed by atoms with Crippen molar-refractivity contribution in [2.24, 2.45) is 0 Å². The molecule has 1 amide bonds. The molecule has 6 nitrogen and oxygen atoms in total. The zero-order valence-corrected chi connectivity index (χ0v) is 14.9. The van der Waals surface area contributed by atoms with Crippen LogP contribution >= 0.6 is 0 Å². The zero-order valence-electron chi connectivity index (χ0n) is 14.0. The predicted molar refractivity (Wildman–Crippen MR) is 93.1 cm³/mol. The number of carbonyl (C=O) groups excluding carboxylic acids is 1. The van der Waals surface area contributed by atoms with E-state index in [-0.39, 0.29) is 23.1 Å². The maximum atomic E-state index is 12.3. The fraction of sp³-hybridized carbons (Fsp3) is 0.412. The topological polar surface area (TPSA) is 90.3 Å². The molecular weight excluding hydrogens is 326 g/mol. The van der Waals surface area contributed by atoms with Crippen LogP contribution < -0.4 is 5.32 Å². The summed E-state index contributed by atoms with van der Waals surface area (Å²) in [5, 5.41) is 12.0. The Morgan fingerprint density at radius 3 is 2.67 bits per heavy atom. The number of hydrogen-bond donors (Lipinski definition) is 1. The summed E-state index contributed by atoms with van der Waals surface area (Å²) in [6, 6.07) is 7.31. The molecule has 0 spiro atoms. The Balaban J connectivity index is 2.12. The largest absolute Gasteiger partial charge is 0.375 e. The first-order valence-corrected chi connectivity index (χ1v) is 9.47. The Morgan fingerprint density at radius 1 is 1.42 bits per heavy atom. The molecule has 24 heavy (non-hydrogen) atoms. The van der Waals surface area contributed by atoms with Gasteiger partial charge in [-0.1, -0.05) is 17.7 Å². The summed E-state index contributed by atoms with van der Waals surface area (Å²) in [7, 11) is -1.33. The minimum absolute atomic E-state index is 0.0530. The number of aryl methyl sites for hydroxylation is 2. The van der Waals surface area contributed by atoms with E-state index < -0.39 is 15.7 Å². The Bertz CT molecular complexity index is 822. The summed E-state index contributed by atoms with van der Waals surface area (Å²) in [4.78, 5) is 14.0. The van der Waals surface area contributed by atoms with Crippen LogP contribution in [0.4, 0.5) is 5.69 Å². The van der Waals surface area contributed by atoms with Crippen LogP contribution in [-0.4, -0.2) is 43.8 Å². The highest BCUT2D eigenvalue weighted by molar-refractivity contribution is 7.91. The zero-order chi connectivity index (χ0) is 17.9. The Kier molecular flexibility index (Phi) is 5.30. The molecule has 1 aliphatic heterocycles. The Hall–Kier alpha value is -2.33. The average Bonchev–Trinajstić information content (AvgIpc) is 2.87. The molecule has 2 rings (SSSR count). The molecule has 1 N–H and O–H groups in total. The fourth-order valence-electron chi connectivity index (χ4n) is 2.69. The lowest BCUT2D eigenvalue weighted by molar-refractivity contribution is -0.112. The Morgan fingerprint density at radius 2 is 2.12 bits per heavy atom. The number of nitriles is 1. The standard InChI is InChI=1S/C17H21N3O3S/c1-12-4-5-16(13(2)8-12)19-17(21)14(9-18)10-20(3)15-6-7-24(22,23)11-15/h4-5,8,10,15H,6-7,11H2,1-3H3,(H,19,21)/b14-10-. The third-order valence-corrected chi connectivity index (χ3v) is 5.86. The molecule has 1 unspecified atom stereocenters. The van der Waals surface area contributed by atoms with E-state index in [1.54, 1.807) is 18.0 Å². The third-order valence-electron chi connectivity index (χ3n) is 4.11. The van der Waals surface area contributed by atoms with Crippen molar-refractivity contribution >= 4 is 21.4 Å². The van der Waals surface area contributed by atoms with Crippen LogP contribution in [0.25, 0.3) is 0 Å². The van der Waals surface area contributed by atoms with Gasteiger partial charge in [-0.25, -0.2) is 8.42 Å². The number of nitrogens with zero attached hydrogens (tertiary/aromatic N) is 2. The second kappa shape index (κ2) is 7.05. The van der Waals surface area contributed by atoms with Crippen LogP contribution in [0.5, 0.6) is 0 Å². The maximum Gasteiger partial charge on any atom is 0.267 e. The molecule has 1 aromatic carbocycles. The number of amides is 1. The molecule has 1 heterocycles. The van der Waals surface area contributed by atoms with E-state index in [1.807, 2.05) is 32.0 Å². The minimum Gasteiger partial charge on any atom is -0.375 e. The molecule has 1 atom stereocenters. The van der Waals surface area contributed by atoms with Crippen molar-refractivity contribution in [1.82, 2.24) is 4.90 Å². The normalized spacial score (nSPS) is 19.6. The first kappa shape index (κ1) is 18.0. The van der Waals surface area contributed by atoms with Gasteiger partial charge in [0.25, 0.3) is 5.91 Å². The van der Waals surface area contributed by atoms with Crippen LogP contribution in [-0.2, 0) is 14.6 Å². The molecule has 0 saturated carbocycles. The van der Waals surface area contributed by atoms with Crippen molar-refractivity contribution in [1.29, 1.82) is 5.26 Å². The first-order valence-electron chi connectivity index (χ1n) is 7.65. The molecule has 1 fully saturated rings. The smallest absolute Gasteiger partial charge is 0.267 e. The number of hydrogen-bond acceptors (Lipinski definition) is 5. The van der Waals surface area contributed by atoms with Gasteiger partial charge in [0.2, 0.25) is 0 Å². The number of benzene rings is 1. The molecule has 0 radical (unpaired) electrons. The van der Waals surface area contributed by atoms with Gasteiger partial charge >= 0.3 is 0 Å². The maximum absolute atomic E-state index is 12.3. The van der Waals surface area contributed by atoms with Crippen molar-refractivity contribution < 1.29 is 13.2 Å². The van der Waals surface area contributed by atoms with Crippen molar-refractivity contribution in [2.75, 3.05) is 23.9 Å². The van der Waals surface area contributed by atoms with Gasteiger partial charge in [-0.05, 0) is 31.9 Å².